The second-order valence-corrected chi connectivity index (χ2v) is 10.1. The van der Waals surface area contributed by atoms with Gasteiger partial charge in [0.05, 0.1) is 11.2 Å². The molecular weight excluding hydrogens is 454 g/mol. The molecule has 5 heterocycles. The molecule has 0 unspecified atom stereocenters. The number of piperazine rings is 1. The first-order chi connectivity index (χ1) is 15.4. The largest absolute Gasteiger partial charge is 0.345 e. The maximum absolute atomic E-state index is 13.2. The molecule has 1 N–H and O–H groups in total. The summed E-state index contributed by atoms with van der Waals surface area (Å²) in [6, 6.07) is 3.42. The molecule has 168 valence electrons. The third kappa shape index (κ3) is 3.70. The Morgan fingerprint density at radius 1 is 1.06 bits per heavy atom. The summed E-state index contributed by atoms with van der Waals surface area (Å²) in [6.07, 6.45) is 6.66. The fourth-order valence-electron chi connectivity index (χ4n) is 4.14. The zero-order valence-electron chi connectivity index (χ0n) is 17.2. The summed E-state index contributed by atoms with van der Waals surface area (Å²) in [5, 5.41) is 0.743. The van der Waals surface area contributed by atoms with E-state index in [1.165, 1.54) is 16.7 Å². The minimum atomic E-state index is -3.72. The van der Waals surface area contributed by atoms with Crippen molar-refractivity contribution in [3.63, 3.8) is 0 Å². The van der Waals surface area contributed by atoms with Gasteiger partial charge in [0.1, 0.15) is 10.5 Å². The van der Waals surface area contributed by atoms with Crippen molar-refractivity contribution in [1.82, 2.24) is 29.1 Å². The molecule has 0 aromatic carbocycles. The van der Waals surface area contributed by atoms with Crippen molar-refractivity contribution in [2.75, 3.05) is 44.2 Å². The summed E-state index contributed by atoms with van der Waals surface area (Å²) >= 11 is 6.23. The van der Waals surface area contributed by atoms with Crippen LogP contribution in [0.2, 0.25) is 5.02 Å². The Labute approximate surface area is 190 Å². The zero-order valence-corrected chi connectivity index (χ0v) is 18.8. The van der Waals surface area contributed by atoms with E-state index in [0.717, 1.165) is 25.9 Å². The molecule has 3 aromatic heterocycles. The number of aromatic amines is 1. The summed E-state index contributed by atoms with van der Waals surface area (Å²) < 4.78 is 27.8. The van der Waals surface area contributed by atoms with Crippen molar-refractivity contribution in [2.45, 2.75) is 17.7 Å². The molecule has 10 nitrogen and oxygen atoms in total. The van der Waals surface area contributed by atoms with Crippen LogP contribution in [0.5, 0.6) is 0 Å². The van der Waals surface area contributed by atoms with Gasteiger partial charge in [0.15, 0.2) is 5.69 Å². The number of carbonyl (C=O) groups is 1. The Bertz CT molecular complexity index is 1270. The van der Waals surface area contributed by atoms with E-state index in [9.17, 15) is 13.2 Å². The molecule has 32 heavy (non-hydrogen) atoms. The Kier molecular flexibility index (Phi) is 5.48. The van der Waals surface area contributed by atoms with E-state index < -0.39 is 10.0 Å². The molecule has 0 aliphatic carbocycles. The van der Waals surface area contributed by atoms with Crippen molar-refractivity contribution >= 4 is 44.5 Å². The Hall–Kier alpha value is -2.76. The molecule has 2 saturated heterocycles. The Morgan fingerprint density at radius 3 is 2.56 bits per heavy atom. The first kappa shape index (κ1) is 21.1. The van der Waals surface area contributed by atoms with Gasteiger partial charge in [0.25, 0.3) is 5.91 Å². The number of anilines is 1. The Balaban J connectivity index is 1.31. The average molecular weight is 476 g/mol. The summed E-state index contributed by atoms with van der Waals surface area (Å²) in [6.45, 7) is 2.58. The average Bonchev–Trinajstić information content (AvgIpc) is 3.50. The molecule has 1 amide bonds. The second-order valence-electron chi connectivity index (χ2n) is 7.81. The predicted molar refractivity (Wildman–Crippen MR) is 119 cm³/mol. The number of rotatable bonds is 4. The number of aromatic nitrogens is 4. The zero-order chi connectivity index (χ0) is 22.3. The van der Waals surface area contributed by atoms with Crippen LogP contribution in [0.15, 0.2) is 35.6 Å². The number of hydrogen-bond donors (Lipinski definition) is 1. The molecule has 12 heteroatoms. The summed E-state index contributed by atoms with van der Waals surface area (Å²) in [5.41, 5.74) is 0.676. The number of sulfonamides is 1. The molecule has 0 spiro atoms. The monoisotopic (exact) mass is 475 g/mol. The number of amides is 1. The van der Waals surface area contributed by atoms with Crippen LogP contribution in [0.1, 0.15) is 23.3 Å². The van der Waals surface area contributed by atoms with Crippen LogP contribution in [0.4, 0.5) is 5.95 Å². The number of fused-ring (bicyclic) bond motifs is 1. The lowest BCUT2D eigenvalue weighted by Gasteiger charge is -2.33. The molecule has 2 fully saturated rings. The molecule has 0 bridgehead atoms. The van der Waals surface area contributed by atoms with E-state index in [-0.39, 0.29) is 47.7 Å². The van der Waals surface area contributed by atoms with Crippen LogP contribution in [0, 0.1) is 0 Å². The lowest BCUT2D eigenvalue weighted by Crippen LogP contribution is -2.50. The van der Waals surface area contributed by atoms with Gasteiger partial charge in [-0.05, 0) is 25.0 Å². The minimum Gasteiger partial charge on any atom is -0.345 e. The number of pyridine rings is 1. The molecular formula is C20H22ClN7O3S. The molecule has 5 rings (SSSR count). The predicted octanol–water partition coefficient (Wildman–Crippen LogP) is 1.75. The highest BCUT2D eigenvalue weighted by atomic mass is 35.5. The van der Waals surface area contributed by atoms with Crippen molar-refractivity contribution in [1.29, 1.82) is 0 Å². The van der Waals surface area contributed by atoms with Gasteiger partial charge in [-0.25, -0.2) is 23.4 Å². The van der Waals surface area contributed by atoms with Gasteiger partial charge in [-0.15, -0.1) is 0 Å². The van der Waals surface area contributed by atoms with Crippen molar-refractivity contribution in [3.8, 4) is 0 Å². The highest BCUT2D eigenvalue weighted by Gasteiger charge is 2.33. The van der Waals surface area contributed by atoms with Crippen LogP contribution in [0.25, 0.3) is 11.0 Å². The van der Waals surface area contributed by atoms with Gasteiger partial charge in [-0.2, -0.15) is 4.31 Å². The number of H-pyrrole nitrogens is 1. The van der Waals surface area contributed by atoms with Gasteiger partial charge in [0, 0.05) is 57.0 Å². The van der Waals surface area contributed by atoms with Crippen LogP contribution in [0.3, 0.4) is 0 Å². The van der Waals surface area contributed by atoms with E-state index in [1.807, 2.05) is 4.90 Å². The lowest BCUT2D eigenvalue weighted by molar-refractivity contribution is 0.0692. The van der Waals surface area contributed by atoms with Gasteiger partial charge in [-0.3, -0.25) is 4.79 Å². The molecule has 0 saturated carbocycles. The maximum Gasteiger partial charge on any atom is 0.274 e. The minimum absolute atomic E-state index is 0.155. The standard InChI is InChI=1S/C20H22ClN7O3S/c21-15-12-24-20(27-6-1-2-7-27)25-17(15)19(29)26-8-10-28(11-9-26)32(30,31)16-13-23-18-14(16)4-3-5-22-18/h3-5,12-13H,1-2,6-11H2,(H,22,23). The van der Waals surface area contributed by atoms with Crippen LogP contribution in [-0.2, 0) is 10.0 Å². The first-order valence-electron chi connectivity index (χ1n) is 10.4. The highest BCUT2D eigenvalue weighted by molar-refractivity contribution is 7.89. The van der Waals surface area contributed by atoms with E-state index in [1.54, 1.807) is 23.2 Å². The van der Waals surface area contributed by atoms with Gasteiger partial charge >= 0.3 is 0 Å². The molecule has 0 atom stereocenters. The van der Waals surface area contributed by atoms with Gasteiger partial charge in [0.2, 0.25) is 16.0 Å². The second kappa shape index (κ2) is 8.30. The SMILES string of the molecule is O=C(c1nc(N2CCCC2)ncc1Cl)N1CCN(S(=O)(=O)c2c[nH]c3ncccc23)CC1. The van der Waals surface area contributed by atoms with Crippen molar-refractivity contribution in [2.24, 2.45) is 0 Å². The first-order valence-corrected chi connectivity index (χ1v) is 12.3. The lowest BCUT2D eigenvalue weighted by atomic mass is 10.3. The summed E-state index contributed by atoms with van der Waals surface area (Å²) in [4.78, 5) is 32.7. The molecule has 3 aromatic rings. The summed E-state index contributed by atoms with van der Waals surface area (Å²) in [7, 11) is -3.72. The number of halogens is 1. The topological polar surface area (TPSA) is 115 Å². The molecule has 2 aliphatic rings. The van der Waals surface area contributed by atoms with Gasteiger partial charge < -0.3 is 14.8 Å². The number of carbonyl (C=O) groups excluding carboxylic acids is 1. The van der Waals surface area contributed by atoms with E-state index in [4.69, 9.17) is 11.6 Å². The van der Waals surface area contributed by atoms with E-state index in [0.29, 0.717) is 17.0 Å². The van der Waals surface area contributed by atoms with E-state index in [2.05, 4.69) is 19.9 Å². The fourth-order valence-corrected chi connectivity index (χ4v) is 5.89. The highest BCUT2D eigenvalue weighted by Crippen LogP contribution is 2.26. The third-order valence-electron chi connectivity index (χ3n) is 5.88. The van der Waals surface area contributed by atoms with E-state index >= 15 is 0 Å². The fraction of sp³-hybridized carbons (Fsp3) is 0.400. The van der Waals surface area contributed by atoms with Crippen molar-refractivity contribution < 1.29 is 13.2 Å². The number of nitrogens with one attached hydrogen (secondary N) is 1. The molecule has 2 aliphatic heterocycles. The summed E-state index contributed by atoms with van der Waals surface area (Å²) in [5.74, 6) is 0.190. The smallest absolute Gasteiger partial charge is 0.274 e. The van der Waals surface area contributed by atoms with Gasteiger partial charge in [-0.1, -0.05) is 11.6 Å². The third-order valence-corrected chi connectivity index (χ3v) is 8.09. The van der Waals surface area contributed by atoms with Crippen LogP contribution in [-0.4, -0.2) is 82.7 Å². The maximum atomic E-state index is 13.2. The van der Waals surface area contributed by atoms with Crippen LogP contribution < -0.4 is 4.90 Å². The quantitative estimate of drug-likeness (QED) is 0.611. The van der Waals surface area contributed by atoms with Crippen molar-refractivity contribution in [3.05, 3.63) is 41.4 Å². The van der Waals surface area contributed by atoms with Crippen LogP contribution >= 0.6 is 11.6 Å². The molecule has 0 radical (unpaired) electrons. The number of nitrogens with zero attached hydrogens (tertiary/aromatic N) is 6. The normalized spacial score (nSPS) is 17.9. The number of hydrogen-bond acceptors (Lipinski definition) is 7. The Morgan fingerprint density at radius 2 is 1.81 bits per heavy atom.